The van der Waals surface area contributed by atoms with E-state index in [1.807, 2.05) is 32.0 Å². The van der Waals surface area contributed by atoms with Crippen LogP contribution in [-0.4, -0.2) is 33.4 Å². The molecule has 3 N–H and O–H groups in total. The molecule has 0 saturated heterocycles. The SMILES string of the molecule is Cc1n[nH]c(C)c1CC(=O)N[C@H](Cc1ccccc1)C1CC(O)C1. The summed E-state index contributed by atoms with van der Waals surface area (Å²) < 4.78 is 0. The van der Waals surface area contributed by atoms with Crippen LogP contribution in [0.2, 0.25) is 0 Å². The van der Waals surface area contributed by atoms with Gasteiger partial charge in [0.1, 0.15) is 0 Å². The van der Waals surface area contributed by atoms with Crippen molar-refractivity contribution in [3.05, 3.63) is 52.8 Å². The predicted molar refractivity (Wildman–Crippen MR) is 92.6 cm³/mol. The van der Waals surface area contributed by atoms with E-state index in [1.54, 1.807) is 0 Å². The second kappa shape index (κ2) is 7.18. The highest BCUT2D eigenvalue weighted by Gasteiger charge is 2.34. The molecule has 1 aliphatic carbocycles. The highest BCUT2D eigenvalue weighted by Crippen LogP contribution is 2.31. The Bertz CT molecular complexity index is 670. The number of nitrogens with one attached hydrogen (secondary N) is 2. The van der Waals surface area contributed by atoms with Gasteiger partial charge in [-0.25, -0.2) is 0 Å². The van der Waals surface area contributed by atoms with Crippen LogP contribution in [-0.2, 0) is 17.6 Å². The van der Waals surface area contributed by atoms with Crippen LogP contribution in [0, 0.1) is 19.8 Å². The normalized spacial score (nSPS) is 21.1. The summed E-state index contributed by atoms with van der Waals surface area (Å²) in [5, 5.41) is 19.9. The Morgan fingerprint density at radius 1 is 1.33 bits per heavy atom. The van der Waals surface area contributed by atoms with Gasteiger partial charge in [0, 0.05) is 17.3 Å². The van der Waals surface area contributed by atoms with Gasteiger partial charge in [0.25, 0.3) is 0 Å². The van der Waals surface area contributed by atoms with Crippen molar-refractivity contribution >= 4 is 5.91 Å². The van der Waals surface area contributed by atoms with Gasteiger partial charge in [0.15, 0.2) is 0 Å². The zero-order valence-electron chi connectivity index (χ0n) is 14.2. The highest BCUT2D eigenvalue weighted by molar-refractivity contribution is 5.79. The first-order valence-corrected chi connectivity index (χ1v) is 8.54. The molecule has 1 amide bonds. The number of aliphatic hydroxyl groups is 1. The van der Waals surface area contributed by atoms with Gasteiger partial charge in [-0.05, 0) is 44.6 Å². The minimum Gasteiger partial charge on any atom is -0.393 e. The van der Waals surface area contributed by atoms with Crippen LogP contribution < -0.4 is 5.32 Å². The third-order valence-corrected chi connectivity index (χ3v) is 4.98. The second-order valence-electron chi connectivity index (χ2n) is 6.84. The topological polar surface area (TPSA) is 78.0 Å². The fourth-order valence-corrected chi connectivity index (χ4v) is 3.41. The van der Waals surface area contributed by atoms with Crippen LogP contribution >= 0.6 is 0 Å². The van der Waals surface area contributed by atoms with Crippen molar-refractivity contribution in [1.29, 1.82) is 0 Å². The second-order valence-corrected chi connectivity index (χ2v) is 6.84. The number of carbonyl (C=O) groups is 1. The maximum absolute atomic E-state index is 12.5. The lowest BCUT2D eigenvalue weighted by molar-refractivity contribution is -0.122. The van der Waals surface area contributed by atoms with Crippen molar-refractivity contribution in [3.63, 3.8) is 0 Å². The Morgan fingerprint density at radius 2 is 2.04 bits per heavy atom. The Morgan fingerprint density at radius 3 is 2.62 bits per heavy atom. The summed E-state index contributed by atoms with van der Waals surface area (Å²) in [4.78, 5) is 12.5. The molecule has 3 rings (SSSR count). The summed E-state index contributed by atoms with van der Waals surface area (Å²) in [6, 6.07) is 10.3. The fourth-order valence-electron chi connectivity index (χ4n) is 3.41. The maximum Gasteiger partial charge on any atom is 0.224 e. The summed E-state index contributed by atoms with van der Waals surface area (Å²) in [5.41, 5.74) is 4.00. The van der Waals surface area contributed by atoms with Gasteiger partial charge in [-0.3, -0.25) is 9.89 Å². The first-order chi connectivity index (χ1) is 11.5. The van der Waals surface area contributed by atoms with Crippen molar-refractivity contribution < 1.29 is 9.90 Å². The fraction of sp³-hybridized carbons (Fsp3) is 0.474. The van der Waals surface area contributed by atoms with E-state index < -0.39 is 0 Å². The molecule has 1 saturated carbocycles. The molecule has 1 heterocycles. The molecule has 0 radical (unpaired) electrons. The van der Waals surface area contributed by atoms with Gasteiger partial charge in [-0.15, -0.1) is 0 Å². The molecule has 24 heavy (non-hydrogen) atoms. The first-order valence-electron chi connectivity index (χ1n) is 8.54. The Labute approximate surface area is 142 Å². The molecule has 1 aliphatic rings. The average molecular weight is 327 g/mol. The average Bonchev–Trinajstić information content (AvgIpc) is 2.84. The number of carbonyl (C=O) groups excluding carboxylic acids is 1. The molecule has 1 fully saturated rings. The number of H-pyrrole nitrogens is 1. The van der Waals surface area contributed by atoms with Gasteiger partial charge >= 0.3 is 0 Å². The third kappa shape index (κ3) is 3.85. The summed E-state index contributed by atoms with van der Waals surface area (Å²) in [5.74, 6) is 0.362. The number of rotatable bonds is 6. The zero-order chi connectivity index (χ0) is 17.1. The number of aryl methyl sites for hydroxylation is 2. The lowest BCUT2D eigenvalue weighted by Crippen LogP contribution is -2.48. The minimum atomic E-state index is -0.219. The van der Waals surface area contributed by atoms with Crippen molar-refractivity contribution in [2.45, 2.75) is 51.7 Å². The largest absolute Gasteiger partial charge is 0.393 e. The van der Waals surface area contributed by atoms with E-state index in [1.165, 1.54) is 5.56 Å². The van der Waals surface area contributed by atoms with Gasteiger partial charge in [0.2, 0.25) is 5.91 Å². The van der Waals surface area contributed by atoms with Crippen LogP contribution in [0.5, 0.6) is 0 Å². The number of aromatic nitrogens is 2. The summed E-state index contributed by atoms with van der Waals surface area (Å²) in [6.45, 7) is 3.85. The molecule has 128 valence electrons. The van der Waals surface area contributed by atoms with Crippen LogP contribution in [0.1, 0.15) is 35.4 Å². The molecule has 1 atom stereocenters. The van der Waals surface area contributed by atoms with E-state index in [2.05, 4.69) is 27.6 Å². The summed E-state index contributed by atoms with van der Waals surface area (Å²) in [6.07, 6.45) is 2.45. The Kier molecular flexibility index (Phi) is 5.00. The molecule has 0 spiro atoms. The first kappa shape index (κ1) is 16.7. The molecule has 0 bridgehead atoms. The molecule has 0 aliphatic heterocycles. The van der Waals surface area contributed by atoms with Gasteiger partial charge in [0.05, 0.1) is 18.2 Å². The number of hydrogen-bond acceptors (Lipinski definition) is 3. The molecule has 5 nitrogen and oxygen atoms in total. The van der Waals surface area contributed by atoms with Gasteiger partial charge < -0.3 is 10.4 Å². The van der Waals surface area contributed by atoms with Crippen LogP contribution in [0.25, 0.3) is 0 Å². The Balaban J connectivity index is 1.66. The zero-order valence-corrected chi connectivity index (χ0v) is 14.2. The molecule has 1 aromatic heterocycles. The van der Waals surface area contributed by atoms with Crippen molar-refractivity contribution in [2.24, 2.45) is 5.92 Å². The number of nitrogens with zero attached hydrogens (tertiary/aromatic N) is 1. The third-order valence-electron chi connectivity index (χ3n) is 4.98. The van der Waals surface area contributed by atoms with E-state index in [0.717, 1.165) is 36.2 Å². The van der Waals surface area contributed by atoms with Crippen molar-refractivity contribution in [2.75, 3.05) is 0 Å². The monoisotopic (exact) mass is 327 g/mol. The van der Waals surface area contributed by atoms with E-state index in [9.17, 15) is 9.90 Å². The molecule has 1 aromatic carbocycles. The number of aliphatic hydroxyl groups excluding tert-OH is 1. The lowest BCUT2D eigenvalue weighted by atomic mass is 9.75. The number of aromatic amines is 1. The standard InChI is InChI=1S/C19H25N3O2/c1-12-17(13(2)22-21-12)11-19(24)20-18(15-9-16(23)10-15)8-14-6-4-3-5-7-14/h3-7,15-16,18,23H,8-11H2,1-2H3,(H,20,24)(H,21,22)/t15?,16?,18-/m1/s1. The van der Waals surface area contributed by atoms with Crippen LogP contribution in [0.3, 0.4) is 0 Å². The molecular weight excluding hydrogens is 302 g/mol. The molecule has 5 heteroatoms. The smallest absolute Gasteiger partial charge is 0.224 e. The van der Waals surface area contributed by atoms with E-state index >= 15 is 0 Å². The lowest BCUT2D eigenvalue weighted by Gasteiger charge is -2.38. The maximum atomic E-state index is 12.5. The van der Waals surface area contributed by atoms with Crippen molar-refractivity contribution in [1.82, 2.24) is 15.5 Å². The van der Waals surface area contributed by atoms with Crippen LogP contribution in [0.15, 0.2) is 30.3 Å². The summed E-state index contributed by atoms with van der Waals surface area (Å²) in [7, 11) is 0. The van der Waals surface area contributed by atoms with E-state index in [-0.39, 0.29) is 18.1 Å². The molecule has 2 aromatic rings. The number of amides is 1. The minimum absolute atomic E-state index is 0.0184. The van der Waals surface area contributed by atoms with E-state index in [0.29, 0.717) is 12.3 Å². The summed E-state index contributed by atoms with van der Waals surface area (Å²) >= 11 is 0. The molecule has 0 unspecified atom stereocenters. The van der Waals surface area contributed by atoms with Gasteiger partial charge in [-0.2, -0.15) is 5.10 Å². The van der Waals surface area contributed by atoms with E-state index in [4.69, 9.17) is 0 Å². The van der Waals surface area contributed by atoms with Crippen LogP contribution in [0.4, 0.5) is 0 Å². The highest BCUT2D eigenvalue weighted by atomic mass is 16.3. The Hall–Kier alpha value is -2.14. The van der Waals surface area contributed by atoms with Gasteiger partial charge in [-0.1, -0.05) is 30.3 Å². The number of hydrogen-bond donors (Lipinski definition) is 3. The van der Waals surface area contributed by atoms with Crippen molar-refractivity contribution in [3.8, 4) is 0 Å². The quantitative estimate of drug-likeness (QED) is 0.760. The molecular formula is C19H25N3O2. The number of benzene rings is 1. The predicted octanol–water partition coefficient (Wildman–Crippen LogP) is 2.07.